The minimum atomic E-state index is -3.02. The van der Waals surface area contributed by atoms with E-state index in [4.69, 9.17) is 4.74 Å². The molecule has 1 saturated heterocycles. The fourth-order valence-electron chi connectivity index (χ4n) is 3.77. The number of methoxy groups -OCH3 is 1. The Bertz CT molecular complexity index is 721. The number of nitrogens with zero attached hydrogens (tertiary/aromatic N) is 2. The highest BCUT2D eigenvalue weighted by Gasteiger charge is 2.34. The van der Waals surface area contributed by atoms with E-state index in [0.29, 0.717) is 13.0 Å². The predicted molar refractivity (Wildman–Crippen MR) is 108 cm³/mol. The maximum Gasteiger partial charge on any atom is 0.237 e. The molecule has 27 heavy (non-hydrogen) atoms. The lowest BCUT2D eigenvalue weighted by molar-refractivity contribution is -0.136. The number of ether oxygens (including phenoxy) is 1. The number of rotatable bonds is 8. The molecule has 152 valence electrons. The van der Waals surface area contributed by atoms with Gasteiger partial charge in [0, 0.05) is 24.7 Å². The Hall–Kier alpha value is -1.60. The van der Waals surface area contributed by atoms with Gasteiger partial charge in [-0.15, -0.1) is 0 Å². The van der Waals surface area contributed by atoms with Crippen LogP contribution in [0.3, 0.4) is 0 Å². The first-order valence-corrected chi connectivity index (χ1v) is 11.3. The molecule has 1 aromatic carbocycles. The molecule has 1 amide bonds. The Kier molecular flexibility index (Phi) is 7.28. The van der Waals surface area contributed by atoms with Gasteiger partial charge in [0.15, 0.2) is 9.84 Å². The van der Waals surface area contributed by atoms with Crippen molar-refractivity contribution in [1.29, 1.82) is 0 Å². The van der Waals surface area contributed by atoms with Crippen LogP contribution >= 0.6 is 0 Å². The number of carbonyl (C=O) groups excluding carboxylic acids is 1. The Morgan fingerprint density at radius 3 is 2.19 bits per heavy atom. The van der Waals surface area contributed by atoms with Crippen molar-refractivity contribution >= 4 is 15.7 Å². The van der Waals surface area contributed by atoms with E-state index in [9.17, 15) is 13.2 Å². The van der Waals surface area contributed by atoms with Crippen molar-refractivity contribution in [2.75, 3.05) is 25.2 Å². The maximum atomic E-state index is 13.0. The molecule has 6 nitrogen and oxygen atoms in total. The van der Waals surface area contributed by atoms with Crippen LogP contribution in [0.5, 0.6) is 5.75 Å². The summed E-state index contributed by atoms with van der Waals surface area (Å²) in [5, 5.41) is 0. The summed E-state index contributed by atoms with van der Waals surface area (Å²) in [5.41, 5.74) is 1.04. The van der Waals surface area contributed by atoms with E-state index >= 15 is 0 Å². The molecule has 1 aliphatic heterocycles. The third-order valence-electron chi connectivity index (χ3n) is 5.01. The zero-order valence-electron chi connectivity index (χ0n) is 17.0. The molecule has 0 N–H and O–H groups in total. The molecule has 0 saturated carbocycles. The molecule has 1 aliphatic rings. The van der Waals surface area contributed by atoms with Crippen LogP contribution in [0.4, 0.5) is 0 Å². The summed E-state index contributed by atoms with van der Waals surface area (Å²) in [4.78, 5) is 16.8. The van der Waals surface area contributed by atoms with Gasteiger partial charge in [0.25, 0.3) is 0 Å². The molecular weight excluding hydrogens is 364 g/mol. The van der Waals surface area contributed by atoms with Crippen LogP contribution in [-0.4, -0.2) is 67.4 Å². The van der Waals surface area contributed by atoms with Gasteiger partial charge in [0.2, 0.25) is 5.91 Å². The Morgan fingerprint density at radius 2 is 1.74 bits per heavy atom. The van der Waals surface area contributed by atoms with Gasteiger partial charge in [-0.25, -0.2) is 8.42 Å². The molecule has 1 fully saturated rings. The van der Waals surface area contributed by atoms with Crippen LogP contribution in [0, 0.1) is 0 Å². The zero-order chi connectivity index (χ0) is 20.2. The number of hydrogen-bond donors (Lipinski definition) is 0. The molecule has 1 heterocycles. The summed E-state index contributed by atoms with van der Waals surface area (Å²) >= 11 is 0. The summed E-state index contributed by atoms with van der Waals surface area (Å²) in [6.45, 7) is 8.79. The lowest BCUT2D eigenvalue weighted by Gasteiger charge is -2.35. The Labute approximate surface area is 163 Å². The fourth-order valence-corrected chi connectivity index (χ4v) is 5.53. The van der Waals surface area contributed by atoms with Crippen molar-refractivity contribution in [3.8, 4) is 5.75 Å². The molecule has 1 aromatic rings. The third kappa shape index (κ3) is 5.94. The van der Waals surface area contributed by atoms with E-state index in [0.717, 1.165) is 11.3 Å². The lowest BCUT2D eigenvalue weighted by Crippen LogP contribution is -2.49. The second-order valence-corrected chi connectivity index (χ2v) is 10.0. The topological polar surface area (TPSA) is 66.9 Å². The summed E-state index contributed by atoms with van der Waals surface area (Å²) in [7, 11) is -1.40. The summed E-state index contributed by atoms with van der Waals surface area (Å²) < 4.78 is 29.2. The molecule has 1 atom stereocenters. The van der Waals surface area contributed by atoms with Crippen LogP contribution in [0.2, 0.25) is 0 Å². The van der Waals surface area contributed by atoms with Gasteiger partial charge in [-0.2, -0.15) is 0 Å². The predicted octanol–water partition coefficient (Wildman–Crippen LogP) is 2.33. The first-order chi connectivity index (χ1) is 12.6. The van der Waals surface area contributed by atoms with Crippen LogP contribution in [-0.2, 0) is 21.2 Å². The van der Waals surface area contributed by atoms with Gasteiger partial charge in [-0.1, -0.05) is 12.1 Å². The SMILES string of the molecule is COc1ccc(CN(CC(=O)N(C(C)C)C(C)C)[C@H]2CCS(=O)(=O)C2)cc1. The van der Waals surface area contributed by atoms with E-state index in [1.807, 2.05) is 61.8 Å². The second kappa shape index (κ2) is 9.06. The molecule has 7 heteroatoms. The fraction of sp³-hybridized carbons (Fsp3) is 0.650. The van der Waals surface area contributed by atoms with Crippen LogP contribution in [0.1, 0.15) is 39.7 Å². The van der Waals surface area contributed by atoms with Gasteiger partial charge in [-0.05, 0) is 51.8 Å². The molecule has 0 aliphatic carbocycles. The van der Waals surface area contributed by atoms with Crippen LogP contribution in [0.15, 0.2) is 24.3 Å². The monoisotopic (exact) mass is 396 g/mol. The molecule has 0 radical (unpaired) electrons. The van der Waals surface area contributed by atoms with Crippen molar-refractivity contribution in [2.24, 2.45) is 0 Å². The van der Waals surface area contributed by atoms with E-state index in [1.54, 1.807) is 7.11 Å². The standard InChI is InChI=1S/C20H32N2O4S/c1-15(2)22(16(3)4)20(23)13-21(18-10-11-27(24,25)14-18)12-17-6-8-19(26-5)9-7-17/h6-9,15-16,18H,10-14H2,1-5H3/t18-/m0/s1. The minimum absolute atomic E-state index is 0.0396. The summed E-state index contributed by atoms with van der Waals surface area (Å²) in [5.74, 6) is 1.14. The molecular formula is C20H32N2O4S. The van der Waals surface area contributed by atoms with E-state index in [-0.39, 0.29) is 42.1 Å². The number of hydrogen-bond acceptors (Lipinski definition) is 5. The van der Waals surface area contributed by atoms with E-state index in [1.165, 1.54) is 0 Å². The Morgan fingerprint density at radius 1 is 1.15 bits per heavy atom. The summed E-state index contributed by atoms with van der Waals surface area (Å²) in [6.07, 6.45) is 0.578. The molecule has 0 spiro atoms. The highest BCUT2D eigenvalue weighted by atomic mass is 32.2. The first-order valence-electron chi connectivity index (χ1n) is 9.51. The van der Waals surface area contributed by atoms with Crippen LogP contribution < -0.4 is 4.74 Å². The first kappa shape index (κ1) is 21.7. The molecule has 0 bridgehead atoms. The highest BCUT2D eigenvalue weighted by Crippen LogP contribution is 2.22. The molecule has 2 rings (SSSR count). The second-order valence-electron chi connectivity index (χ2n) is 7.80. The lowest BCUT2D eigenvalue weighted by atomic mass is 10.1. The van der Waals surface area contributed by atoms with E-state index in [2.05, 4.69) is 0 Å². The van der Waals surface area contributed by atoms with Gasteiger partial charge < -0.3 is 9.64 Å². The molecule has 0 aromatic heterocycles. The van der Waals surface area contributed by atoms with Crippen molar-refractivity contribution < 1.29 is 17.9 Å². The molecule has 0 unspecified atom stereocenters. The number of benzene rings is 1. The van der Waals surface area contributed by atoms with Gasteiger partial charge in [-0.3, -0.25) is 9.69 Å². The van der Waals surface area contributed by atoms with Crippen molar-refractivity contribution in [3.63, 3.8) is 0 Å². The zero-order valence-corrected chi connectivity index (χ0v) is 17.8. The van der Waals surface area contributed by atoms with Gasteiger partial charge in [0.05, 0.1) is 25.2 Å². The third-order valence-corrected chi connectivity index (χ3v) is 6.76. The average molecular weight is 397 g/mol. The van der Waals surface area contributed by atoms with Crippen molar-refractivity contribution in [1.82, 2.24) is 9.80 Å². The van der Waals surface area contributed by atoms with Crippen LogP contribution in [0.25, 0.3) is 0 Å². The van der Waals surface area contributed by atoms with Crippen molar-refractivity contribution in [2.45, 2.75) is 58.8 Å². The quantitative estimate of drug-likeness (QED) is 0.675. The highest BCUT2D eigenvalue weighted by molar-refractivity contribution is 7.91. The average Bonchev–Trinajstić information content (AvgIpc) is 2.94. The number of amides is 1. The van der Waals surface area contributed by atoms with Gasteiger partial charge >= 0.3 is 0 Å². The van der Waals surface area contributed by atoms with Gasteiger partial charge in [0.1, 0.15) is 5.75 Å². The summed E-state index contributed by atoms with van der Waals surface area (Å²) in [6, 6.07) is 7.78. The largest absolute Gasteiger partial charge is 0.497 e. The number of carbonyl (C=O) groups is 1. The van der Waals surface area contributed by atoms with Crippen molar-refractivity contribution in [3.05, 3.63) is 29.8 Å². The maximum absolute atomic E-state index is 13.0. The normalized spacial score (nSPS) is 19.0. The number of sulfone groups is 1. The van der Waals surface area contributed by atoms with E-state index < -0.39 is 9.84 Å². The smallest absolute Gasteiger partial charge is 0.237 e. The Balaban J connectivity index is 2.19. The minimum Gasteiger partial charge on any atom is -0.497 e.